The Labute approximate surface area is 190 Å². The average Bonchev–Trinajstić information content (AvgIpc) is 2.74. The van der Waals surface area contributed by atoms with Gasteiger partial charge in [-0.1, -0.05) is 41.9 Å². The molecule has 2 aromatic rings. The summed E-state index contributed by atoms with van der Waals surface area (Å²) in [5.41, 5.74) is 2.05. The van der Waals surface area contributed by atoms with Gasteiger partial charge in [0.05, 0.1) is 10.6 Å². The van der Waals surface area contributed by atoms with Gasteiger partial charge in [0.1, 0.15) is 0 Å². The average molecular weight is 486 g/mol. The molecule has 0 amide bonds. The van der Waals surface area contributed by atoms with Gasteiger partial charge in [0.15, 0.2) is 0 Å². The third-order valence-electron chi connectivity index (χ3n) is 5.33. The van der Waals surface area contributed by atoms with Gasteiger partial charge in [0.25, 0.3) is 0 Å². The second kappa shape index (κ2) is 9.97. The minimum Gasteiger partial charge on any atom is -0.314 e. The van der Waals surface area contributed by atoms with Crippen molar-refractivity contribution in [2.75, 3.05) is 38.5 Å². The molecule has 10 heteroatoms. The predicted molar refractivity (Wildman–Crippen MR) is 123 cm³/mol. The van der Waals surface area contributed by atoms with E-state index < -0.39 is 20.0 Å². The topological polar surface area (TPSA) is 86.8 Å². The summed E-state index contributed by atoms with van der Waals surface area (Å²) in [7, 11) is -7.53. The Morgan fingerprint density at radius 2 is 1.71 bits per heavy atom. The van der Waals surface area contributed by atoms with Gasteiger partial charge in [0.2, 0.25) is 20.0 Å². The molecule has 0 radical (unpaired) electrons. The summed E-state index contributed by atoms with van der Waals surface area (Å²) in [5, 5.41) is 3.56. The predicted octanol–water partition coefficient (Wildman–Crippen LogP) is 2.38. The lowest BCUT2D eigenvalue weighted by molar-refractivity contribution is 0.355. The maximum atomic E-state index is 13.6. The van der Waals surface area contributed by atoms with Gasteiger partial charge < -0.3 is 5.32 Å². The first-order chi connectivity index (χ1) is 14.6. The van der Waals surface area contributed by atoms with Crippen molar-refractivity contribution in [3.8, 4) is 0 Å². The van der Waals surface area contributed by atoms with Crippen molar-refractivity contribution in [1.29, 1.82) is 0 Å². The SMILES string of the molecule is Cc1ccc(C)c(S(=O)(=O)N(CCS(=O)(=O)N2CCNCC2)Cc2ccccc2Cl)c1. The lowest BCUT2D eigenvalue weighted by Gasteiger charge is -2.28. The summed E-state index contributed by atoms with van der Waals surface area (Å²) in [6.07, 6.45) is 0. The van der Waals surface area contributed by atoms with E-state index >= 15 is 0 Å². The molecule has 0 bridgehead atoms. The first kappa shape index (κ1) is 24.2. The van der Waals surface area contributed by atoms with Crippen LogP contribution in [0.1, 0.15) is 16.7 Å². The van der Waals surface area contributed by atoms with Gasteiger partial charge in [-0.2, -0.15) is 8.61 Å². The Hall–Kier alpha value is -1.49. The zero-order valence-electron chi connectivity index (χ0n) is 17.7. The molecule has 1 heterocycles. The van der Waals surface area contributed by atoms with E-state index in [4.69, 9.17) is 11.6 Å². The fourth-order valence-electron chi connectivity index (χ4n) is 3.49. The van der Waals surface area contributed by atoms with E-state index in [2.05, 4.69) is 5.32 Å². The number of hydrogen-bond acceptors (Lipinski definition) is 5. The van der Waals surface area contributed by atoms with E-state index in [1.165, 1.54) is 8.61 Å². The van der Waals surface area contributed by atoms with Crippen molar-refractivity contribution in [3.63, 3.8) is 0 Å². The highest BCUT2D eigenvalue weighted by atomic mass is 35.5. The number of nitrogens with zero attached hydrogens (tertiary/aromatic N) is 2. The molecule has 0 unspecified atom stereocenters. The maximum Gasteiger partial charge on any atom is 0.243 e. The van der Waals surface area contributed by atoms with Gasteiger partial charge in [0, 0.05) is 44.3 Å². The van der Waals surface area contributed by atoms with Gasteiger partial charge in [-0.15, -0.1) is 0 Å². The van der Waals surface area contributed by atoms with Crippen LogP contribution in [0.25, 0.3) is 0 Å². The van der Waals surface area contributed by atoms with Gasteiger partial charge >= 0.3 is 0 Å². The van der Waals surface area contributed by atoms with E-state index in [9.17, 15) is 16.8 Å². The Morgan fingerprint density at radius 3 is 2.39 bits per heavy atom. The van der Waals surface area contributed by atoms with E-state index in [0.717, 1.165) is 5.56 Å². The third-order valence-corrected chi connectivity index (χ3v) is 9.54. The normalized spacial score (nSPS) is 16.0. The Bertz CT molecular complexity index is 1130. The molecule has 3 rings (SSSR count). The van der Waals surface area contributed by atoms with Gasteiger partial charge in [-0.25, -0.2) is 16.8 Å². The minimum absolute atomic E-state index is 0.00748. The minimum atomic E-state index is -3.94. The quantitative estimate of drug-likeness (QED) is 0.620. The third kappa shape index (κ3) is 5.85. The molecule has 0 atom stereocenters. The summed E-state index contributed by atoms with van der Waals surface area (Å²) in [6, 6.07) is 12.2. The molecule has 1 saturated heterocycles. The second-order valence-electron chi connectivity index (χ2n) is 7.66. The zero-order chi connectivity index (χ0) is 22.6. The van der Waals surface area contributed by atoms with Crippen LogP contribution in [-0.2, 0) is 26.6 Å². The molecule has 0 saturated carbocycles. The number of benzene rings is 2. The monoisotopic (exact) mass is 485 g/mol. The highest BCUT2D eigenvalue weighted by Crippen LogP contribution is 2.25. The van der Waals surface area contributed by atoms with Gasteiger partial charge in [-0.05, 0) is 42.7 Å². The van der Waals surface area contributed by atoms with Crippen LogP contribution in [0.2, 0.25) is 5.02 Å². The molecule has 1 N–H and O–H groups in total. The molecule has 0 spiro atoms. The Kier molecular flexibility index (Phi) is 7.77. The standard InChI is InChI=1S/C21H28ClN3O4S2/c1-17-7-8-18(2)21(15-17)31(28,29)25(16-19-5-3-4-6-20(19)22)13-14-30(26,27)24-11-9-23-10-12-24/h3-8,15,23H,9-14,16H2,1-2H3. The van der Waals surface area contributed by atoms with Crippen LogP contribution in [0.5, 0.6) is 0 Å². The Morgan fingerprint density at radius 1 is 1.03 bits per heavy atom. The summed E-state index contributed by atoms with van der Waals surface area (Å²) in [4.78, 5) is 0.180. The number of rotatable bonds is 8. The highest BCUT2D eigenvalue weighted by molar-refractivity contribution is 7.90. The van der Waals surface area contributed by atoms with Gasteiger partial charge in [-0.3, -0.25) is 0 Å². The molecule has 170 valence electrons. The van der Waals surface area contributed by atoms with Crippen molar-refractivity contribution < 1.29 is 16.8 Å². The molecule has 7 nitrogen and oxygen atoms in total. The van der Waals surface area contributed by atoms with Crippen LogP contribution in [0.3, 0.4) is 0 Å². The summed E-state index contributed by atoms with van der Waals surface area (Å²) < 4.78 is 55.5. The van der Waals surface area contributed by atoms with E-state index in [1.54, 1.807) is 43.3 Å². The number of piperazine rings is 1. The van der Waals surface area contributed by atoms with Crippen molar-refractivity contribution in [2.45, 2.75) is 25.3 Å². The number of nitrogens with one attached hydrogen (secondary N) is 1. The number of halogens is 1. The fraction of sp³-hybridized carbons (Fsp3) is 0.429. The smallest absolute Gasteiger partial charge is 0.243 e. The van der Waals surface area contributed by atoms with Crippen molar-refractivity contribution >= 4 is 31.6 Å². The second-order valence-corrected chi connectivity index (χ2v) is 12.1. The van der Waals surface area contributed by atoms with Crippen molar-refractivity contribution in [2.24, 2.45) is 0 Å². The summed E-state index contributed by atoms with van der Waals surface area (Å²) >= 11 is 6.28. The fourth-order valence-corrected chi connectivity index (χ4v) is 6.98. The van der Waals surface area contributed by atoms with E-state index in [-0.39, 0.29) is 23.7 Å². The van der Waals surface area contributed by atoms with Crippen LogP contribution >= 0.6 is 11.6 Å². The summed E-state index contributed by atoms with van der Waals surface area (Å²) in [5.74, 6) is -0.290. The lowest BCUT2D eigenvalue weighted by Crippen LogP contribution is -2.48. The van der Waals surface area contributed by atoms with Crippen LogP contribution in [0.15, 0.2) is 47.4 Å². The first-order valence-electron chi connectivity index (χ1n) is 10.1. The molecule has 0 aromatic heterocycles. The molecule has 31 heavy (non-hydrogen) atoms. The maximum absolute atomic E-state index is 13.6. The molecule has 1 aliphatic rings. The molecular formula is C21H28ClN3O4S2. The van der Waals surface area contributed by atoms with Crippen molar-refractivity contribution in [3.05, 3.63) is 64.2 Å². The van der Waals surface area contributed by atoms with E-state index in [0.29, 0.717) is 42.3 Å². The summed E-state index contributed by atoms with van der Waals surface area (Å²) in [6.45, 7) is 5.34. The van der Waals surface area contributed by atoms with Crippen LogP contribution in [-0.4, -0.2) is 63.9 Å². The van der Waals surface area contributed by atoms with Crippen LogP contribution in [0.4, 0.5) is 0 Å². The van der Waals surface area contributed by atoms with Crippen LogP contribution < -0.4 is 5.32 Å². The van der Waals surface area contributed by atoms with E-state index in [1.807, 2.05) is 13.0 Å². The highest BCUT2D eigenvalue weighted by Gasteiger charge is 2.30. The number of sulfonamides is 2. The molecule has 0 aliphatic carbocycles. The largest absolute Gasteiger partial charge is 0.314 e. The Balaban J connectivity index is 1.93. The van der Waals surface area contributed by atoms with Crippen LogP contribution in [0, 0.1) is 13.8 Å². The zero-order valence-corrected chi connectivity index (χ0v) is 20.1. The number of hydrogen-bond donors (Lipinski definition) is 1. The molecule has 2 aromatic carbocycles. The number of aryl methyl sites for hydroxylation is 2. The molecule has 1 fully saturated rings. The first-order valence-corrected chi connectivity index (χ1v) is 13.5. The molecular weight excluding hydrogens is 458 g/mol. The lowest BCUT2D eigenvalue weighted by atomic mass is 10.2. The molecule has 1 aliphatic heterocycles. The van der Waals surface area contributed by atoms with Crippen molar-refractivity contribution in [1.82, 2.24) is 13.9 Å².